The van der Waals surface area contributed by atoms with E-state index in [1.807, 2.05) is 0 Å². The molecular weight excluding hydrogens is 188 g/mol. The van der Waals surface area contributed by atoms with E-state index in [9.17, 15) is 9.59 Å². The van der Waals surface area contributed by atoms with Gasteiger partial charge >= 0.3 is 11.9 Å². The Balaban J connectivity index is 0. The molecule has 0 saturated heterocycles. The third-order valence-electron chi connectivity index (χ3n) is 1.14. The molecule has 0 rings (SSSR count). The third kappa shape index (κ3) is 4.89. The number of rotatable bonds is 4. The summed E-state index contributed by atoms with van der Waals surface area (Å²) < 4.78 is 0. The molecule has 72 valence electrons. The zero-order valence-electron chi connectivity index (χ0n) is 6.14. The largest absolute Gasteiger partial charge is 0.480 e. The Morgan fingerprint density at radius 3 is 1.50 bits per heavy atom. The Labute approximate surface area is 74.9 Å². The van der Waals surface area contributed by atoms with Crippen molar-refractivity contribution in [1.82, 2.24) is 0 Å². The molecule has 0 aromatic rings. The van der Waals surface area contributed by atoms with Gasteiger partial charge in [0, 0.05) is 0 Å². The molecule has 0 radical (unpaired) electrons. The Morgan fingerprint density at radius 2 is 1.33 bits per heavy atom. The van der Waals surface area contributed by atoms with Gasteiger partial charge in [-0.05, 0) is 6.42 Å². The molecule has 0 aliphatic carbocycles. The molecule has 0 bridgehead atoms. The van der Waals surface area contributed by atoms with Crippen molar-refractivity contribution >= 4 is 24.3 Å². The van der Waals surface area contributed by atoms with Crippen LogP contribution in [0.5, 0.6) is 0 Å². The Bertz CT molecular complexity index is 157. The number of halogens is 1. The molecule has 0 amide bonds. The van der Waals surface area contributed by atoms with Gasteiger partial charge in [-0.25, -0.2) is 0 Å². The zero-order chi connectivity index (χ0) is 9.02. The summed E-state index contributed by atoms with van der Waals surface area (Å²) in [6.45, 7) is 0. The normalized spacial score (nSPS) is 14.2. The summed E-state index contributed by atoms with van der Waals surface area (Å²) in [5, 5.41) is 16.5. The molecule has 0 aliphatic rings. The van der Waals surface area contributed by atoms with E-state index in [1.54, 1.807) is 0 Å². The van der Waals surface area contributed by atoms with Crippen LogP contribution in [-0.4, -0.2) is 34.2 Å². The summed E-state index contributed by atoms with van der Waals surface area (Å²) in [4.78, 5) is 20.2. The van der Waals surface area contributed by atoms with Crippen LogP contribution in [0.3, 0.4) is 0 Å². The first-order valence-electron chi connectivity index (χ1n) is 2.92. The van der Waals surface area contributed by atoms with Crippen LogP contribution in [0.15, 0.2) is 0 Å². The summed E-state index contributed by atoms with van der Waals surface area (Å²) in [6.07, 6.45) is -0.259. The number of hydrogen-bond acceptors (Lipinski definition) is 4. The number of carboxylic acids is 2. The third-order valence-corrected chi connectivity index (χ3v) is 1.14. The van der Waals surface area contributed by atoms with Crippen LogP contribution in [0, 0.1) is 0 Å². The van der Waals surface area contributed by atoms with Crippen LogP contribution >= 0.6 is 12.4 Å². The van der Waals surface area contributed by atoms with Gasteiger partial charge < -0.3 is 21.7 Å². The summed E-state index contributed by atoms with van der Waals surface area (Å²) in [6, 6.07) is -2.41. The van der Waals surface area contributed by atoms with Crippen molar-refractivity contribution in [2.75, 3.05) is 0 Å². The molecule has 0 heterocycles. The highest BCUT2D eigenvalue weighted by Crippen LogP contribution is 1.93. The number of carbonyl (C=O) groups is 2. The van der Waals surface area contributed by atoms with Crippen molar-refractivity contribution in [3.63, 3.8) is 0 Å². The van der Waals surface area contributed by atoms with Crippen molar-refractivity contribution in [2.45, 2.75) is 18.5 Å². The minimum Gasteiger partial charge on any atom is -0.480 e. The lowest BCUT2D eigenvalue weighted by Crippen LogP contribution is -2.41. The predicted octanol–water partition coefficient (Wildman–Crippen LogP) is -1.38. The smallest absolute Gasteiger partial charge is 0.320 e. The van der Waals surface area contributed by atoms with Crippen LogP contribution < -0.4 is 11.5 Å². The van der Waals surface area contributed by atoms with Crippen LogP contribution in [0.25, 0.3) is 0 Å². The van der Waals surface area contributed by atoms with Gasteiger partial charge in [-0.15, -0.1) is 12.4 Å². The van der Waals surface area contributed by atoms with E-state index in [1.165, 1.54) is 0 Å². The van der Waals surface area contributed by atoms with Crippen molar-refractivity contribution in [3.05, 3.63) is 0 Å². The van der Waals surface area contributed by atoms with Crippen molar-refractivity contribution < 1.29 is 19.8 Å². The van der Waals surface area contributed by atoms with Crippen LogP contribution in [0.4, 0.5) is 0 Å². The van der Waals surface area contributed by atoms with E-state index in [4.69, 9.17) is 21.7 Å². The minimum atomic E-state index is -1.25. The highest BCUT2D eigenvalue weighted by molar-refractivity contribution is 5.85. The fraction of sp³-hybridized carbons (Fsp3) is 0.600. The van der Waals surface area contributed by atoms with Gasteiger partial charge in [0.15, 0.2) is 0 Å². The van der Waals surface area contributed by atoms with E-state index in [0.29, 0.717) is 0 Å². The second-order valence-corrected chi connectivity index (χ2v) is 2.13. The van der Waals surface area contributed by atoms with Gasteiger partial charge in [-0.2, -0.15) is 0 Å². The average molecular weight is 199 g/mol. The maximum atomic E-state index is 10.1. The second kappa shape index (κ2) is 5.76. The Morgan fingerprint density at radius 1 is 1.08 bits per heavy atom. The van der Waals surface area contributed by atoms with E-state index >= 15 is 0 Å². The molecule has 12 heavy (non-hydrogen) atoms. The second-order valence-electron chi connectivity index (χ2n) is 2.13. The lowest BCUT2D eigenvalue weighted by Gasteiger charge is -2.08. The highest BCUT2D eigenvalue weighted by Gasteiger charge is 2.20. The standard InChI is InChI=1S/C5H10N2O4.ClH/c6-2(4(8)9)1-3(7)5(10)11;/h2-3H,1,6-7H2,(H,8,9)(H,10,11);1H/t2-,3-;/m0./s1. The zero-order valence-corrected chi connectivity index (χ0v) is 6.95. The summed E-state index contributed by atoms with van der Waals surface area (Å²) in [5.41, 5.74) is 10.0. The molecule has 0 spiro atoms. The molecule has 0 fully saturated rings. The molecule has 0 unspecified atom stereocenters. The SMILES string of the molecule is Cl.N[C@@H](C[C@H](N)C(=O)O)C(=O)O. The fourth-order valence-electron chi connectivity index (χ4n) is 0.475. The molecule has 0 aliphatic heterocycles. The first-order chi connectivity index (χ1) is 4.95. The number of hydrogen-bond donors (Lipinski definition) is 4. The summed E-state index contributed by atoms with van der Waals surface area (Å²) >= 11 is 0. The average Bonchev–Trinajstić information content (AvgIpc) is 1.87. The first-order valence-corrected chi connectivity index (χ1v) is 2.92. The quantitative estimate of drug-likeness (QED) is 0.441. The topological polar surface area (TPSA) is 127 Å². The number of carboxylic acid groups (broad SMARTS) is 2. The van der Waals surface area contributed by atoms with Crippen LogP contribution in [0.2, 0.25) is 0 Å². The minimum absolute atomic E-state index is 0. The van der Waals surface area contributed by atoms with Crippen LogP contribution in [-0.2, 0) is 9.59 Å². The molecule has 0 aromatic heterocycles. The van der Waals surface area contributed by atoms with Crippen LogP contribution in [0.1, 0.15) is 6.42 Å². The lowest BCUT2D eigenvalue weighted by atomic mass is 10.1. The molecule has 0 aromatic carbocycles. The van der Waals surface area contributed by atoms with Gasteiger partial charge in [-0.3, -0.25) is 9.59 Å². The molecule has 6 N–H and O–H groups in total. The number of aliphatic carboxylic acids is 2. The molecule has 7 heteroatoms. The van der Waals surface area contributed by atoms with Gasteiger partial charge in [0.2, 0.25) is 0 Å². The van der Waals surface area contributed by atoms with Crippen molar-refractivity contribution in [1.29, 1.82) is 0 Å². The Hall–Kier alpha value is -0.850. The molecule has 2 atom stereocenters. The van der Waals surface area contributed by atoms with Gasteiger partial charge in [0.25, 0.3) is 0 Å². The Kier molecular flexibility index (Phi) is 6.58. The molecule has 6 nitrogen and oxygen atoms in total. The maximum absolute atomic E-state index is 10.1. The van der Waals surface area contributed by atoms with E-state index in [-0.39, 0.29) is 18.8 Å². The van der Waals surface area contributed by atoms with Crippen molar-refractivity contribution in [2.24, 2.45) is 11.5 Å². The van der Waals surface area contributed by atoms with Gasteiger partial charge in [-0.1, -0.05) is 0 Å². The molecule has 0 saturated carbocycles. The maximum Gasteiger partial charge on any atom is 0.320 e. The molecular formula is C5H11ClN2O4. The van der Waals surface area contributed by atoms with E-state index in [0.717, 1.165) is 0 Å². The highest BCUT2D eigenvalue weighted by atomic mass is 35.5. The van der Waals surface area contributed by atoms with Gasteiger partial charge in [0.05, 0.1) is 0 Å². The lowest BCUT2D eigenvalue weighted by molar-refractivity contribution is -0.140. The predicted molar refractivity (Wildman–Crippen MR) is 43.1 cm³/mol. The first kappa shape index (κ1) is 13.7. The van der Waals surface area contributed by atoms with Crippen molar-refractivity contribution in [3.8, 4) is 0 Å². The van der Waals surface area contributed by atoms with E-state index in [2.05, 4.69) is 0 Å². The number of nitrogens with two attached hydrogens (primary N) is 2. The summed E-state index contributed by atoms with van der Waals surface area (Å²) in [5.74, 6) is -2.50. The van der Waals surface area contributed by atoms with Gasteiger partial charge in [0.1, 0.15) is 12.1 Å². The van der Waals surface area contributed by atoms with E-state index < -0.39 is 24.0 Å². The monoisotopic (exact) mass is 198 g/mol. The summed E-state index contributed by atoms with van der Waals surface area (Å²) in [7, 11) is 0. The fourth-order valence-corrected chi connectivity index (χ4v) is 0.475.